The topological polar surface area (TPSA) is 39.1 Å². The van der Waals surface area contributed by atoms with E-state index in [1.165, 1.54) is 0 Å². The summed E-state index contributed by atoms with van der Waals surface area (Å²) in [4.78, 5) is 0. The van der Waals surface area contributed by atoms with Crippen molar-refractivity contribution >= 4 is 0 Å². The van der Waals surface area contributed by atoms with Gasteiger partial charge in [-0.2, -0.15) is 18.3 Å². The molecule has 0 saturated carbocycles. The lowest BCUT2D eigenvalue weighted by Crippen LogP contribution is -2.35. The summed E-state index contributed by atoms with van der Waals surface area (Å²) in [6.07, 6.45) is -1.27. The van der Waals surface area contributed by atoms with Crippen LogP contribution in [0.2, 0.25) is 0 Å². The predicted octanol–water partition coefficient (Wildman–Crippen LogP) is 1.82. The van der Waals surface area contributed by atoms with Gasteiger partial charge in [0.1, 0.15) is 6.10 Å². The van der Waals surface area contributed by atoms with Crippen molar-refractivity contribution in [2.24, 2.45) is 0 Å². The van der Waals surface area contributed by atoms with Crippen LogP contribution in [0.3, 0.4) is 0 Å². The molecule has 1 rings (SSSR count). The highest BCUT2D eigenvalue weighted by Crippen LogP contribution is 2.13. The zero-order chi connectivity index (χ0) is 12.9. The van der Waals surface area contributed by atoms with Gasteiger partial charge in [-0.3, -0.25) is 4.68 Å². The molecule has 7 heteroatoms. The third-order valence-electron chi connectivity index (χ3n) is 2.03. The van der Waals surface area contributed by atoms with E-state index in [1.54, 1.807) is 24.0 Å². The van der Waals surface area contributed by atoms with Gasteiger partial charge in [-0.25, -0.2) is 0 Å². The van der Waals surface area contributed by atoms with Gasteiger partial charge in [-0.1, -0.05) is 0 Å². The fraction of sp³-hybridized carbons (Fsp3) is 0.700. The molecule has 0 spiro atoms. The number of nitrogens with one attached hydrogen (secondary N) is 1. The Balaban J connectivity index is 2.27. The smallest absolute Gasteiger partial charge is 0.401 e. The molecule has 0 fully saturated rings. The maximum absolute atomic E-state index is 11.9. The van der Waals surface area contributed by atoms with Crippen molar-refractivity contribution in [3.8, 4) is 5.75 Å². The molecule has 17 heavy (non-hydrogen) atoms. The molecule has 0 saturated heterocycles. The molecular formula is C10H16F3N3O. The van der Waals surface area contributed by atoms with Gasteiger partial charge in [0.15, 0.2) is 5.75 Å². The van der Waals surface area contributed by atoms with E-state index < -0.39 is 12.7 Å². The molecule has 0 aliphatic carbocycles. The quantitative estimate of drug-likeness (QED) is 0.838. The molecule has 0 radical (unpaired) electrons. The van der Waals surface area contributed by atoms with Crippen LogP contribution in [0.4, 0.5) is 13.2 Å². The van der Waals surface area contributed by atoms with Gasteiger partial charge in [0.2, 0.25) is 0 Å². The van der Waals surface area contributed by atoms with Crippen LogP contribution in [-0.2, 0) is 6.54 Å². The second-order valence-corrected chi connectivity index (χ2v) is 3.71. The minimum absolute atomic E-state index is 0.136. The lowest BCUT2D eigenvalue weighted by Gasteiger charge is -2.14. The number of hydrogen-bond donors (Lipinski definition) is 1. The van der Waals surface area contributed by atoms with Crippen molar-refractivity contribution in [3.63, 3.8) is 0 Å². The maximum atomic E-state index is 11.9. The van der Waals surface area contributed by atoms with Crippen molar-refractivity contribution < 1.29 is 17.9 Å². The van der Waals surface area contributed by atoms with Crippen LogP contribution in [0, 0.1) is 0 Å². The zero-order valence-corrected chi connectivity index (χ0v) is 9.79. The minimum Gasteiger partial charge on any atom is -0.486 e. The van der Waals surface area contributed by atoms with Gasteiger partial charge in [0.05, 0.1) is 18.9 Å². The van der Waals surface area contributed by atoms with Crippen molar-refractivity contribution in [2.75, 3.05) is 13.1 Å². The molecule has 1 N–H and O–H groups in total. The molecule has 98 valence electrons. The monoisotopic (exact) mass is 251 g/mol. The number of aryl methyl sites for hydroxylation is 1. The van der Waals surface area contributed by atoms with E-state index >= 15 is 0 Å². The molecule has 4 nitrogen and oxygen atoms in total. The number of aromatic nitrogens is 2. The summed E-state index contributed by atoms with van der Waals surface area (Å²) in [5.74, 6) is 0.563. The Bertz CT molecular complexity index is 338. The first-order chi connectivity index (χ1) is 7.90. The lowest BCUT2D eigenvalue weighted by molar-refractivity contribution is -0.125. The van der Waals surface area contributed by atoms with Crippen LogP contribution >= 0.6 is 0 Å². The van der Waals surface area contributed by atoms with Crippen LogP contribution in [0.5, 0.6) is 5.75 Å². The highest BCUT2D eigenvalue weighted by molar-refractivity contribution is 5.12. The van der Waals surface area contributed by atoms with Crippen LogP contribution in [0.15, 0.2) is 12.4 Å². The number of nitrogens with zero attached hydrogens (tertiary/aromatic N) is 2. The zero-order valence-electron chi connectivity index (χ0n) is 9.79. The molecule has 1 aromatic rings. The summed E-state index contributed by atoms with van der Waals surface area (Å²) in [5, 5.41) is 6.29. The summed E-state index contributed by atoms with van der Waals surface area (Å²) in [6, 6.07) is 0. The Hall–Kier alpha value is -1.24. The van der Waals surface area contributed by atoms with E-state index in [0.717, 1.165) is 6.54 Å². The average molecular weight is 251 g/mol. The first-order valence-corrected chi connectivity index (χ1v) is 5.37. The maximum Gasteiger partial charge on any atom is 0.401 e. The van der Waals surface area contributed by atoms with Crippen LogP contribution < -0.4 is 10.1 Å². The van der Waals surface area contributed by atoms with E-state index in [4.69, 9.17) is 4.74 Å². The molecule has 0 bridgehead atoms. The summed E-state index contributed by atoms with van der Waals surface area (Å²) in [7, 11) is 0. The average Bonchev–Trinajstić information content (AvgIpc) is 2.63. The third kappa shape index (κ3) is 5.58. The van der Waals surface area contributed by atoms with E-state index in [9.17, 15) is 13.2 Å². The summed E-state index contributed by atoms with van der Waals surface area (Å²) in [6.45, 7) is 3.49. The second kappa shape index (κ2) is 5.90. The van der Waals surface area contributed by atoms with Crippen molar-refractivity contribution in [1.29, 1.82) is 0 Å². The summed E-state index contributed by atoms with van der Waals surface area (Å²) < 4.78 is 42.7. The first kappa shape index (κ1) is 13.8. The molecule has 0 amide bonds. The summed E-state index contributed by atoms with van der Waals surface area (Å²) >= 11 is 0. The Kier molecular flexibility index (Phi) is 4.80. The molecule has 0 aliphatic heterocycles. The second-order valence-electron chi connectivity index (χ2n) is 3.71. The largest absolute Gasteiger partial charge is 0.486 e. The molecule has 0 aromatic carbocycles. The number of rotatable bonds is 6. The third-order valence-corrected chi connectivity index (χ3v) is 2.03. The van der Waals surface area contributed by atoms with E-state index in [-0.39, 0.29) is 12.6 Å². The van der Waals surface area contributed by atoms with Crippen LogP contribution in [-0.4, -0.2) is 35.2 Å². The first-order valence-electron chi connectivity index (χ1n) is 5.37. The fourth-order valence-corrected chi connectivity index (χ4v) is 1.27. The van der Waals surface area contributed by atoms with Gasteiger partial charge < -0.3 is 10.1 Å². The molecular weight excluding hydrogens is 235 g/mol. The van der Waals surface area contributed by atoms with Gasteiger partial charge in [-0.15, -0.1) is 0 Å². The summed E-state index contributed by atoms with van der Waals surface area (Å²) in [5.41, 5.74) is 0. The number of ether oxygens (including phenoxy) is 1. The Morgan fingerprint density at radius 1 is 1.53 bits per heavy atom. The number of hydrogen-bond acceptors (Lipinski definition) is 3. The van der Waals surface area contributed by atoms with E-state index in [1.807, 2.05) is 6.92 Å². The predicted molar refractivity (Wildman–Crippen MR) is 56.9 cm³/mol. The highest BCUT2D eigenvalue weighted by atomic mass is 19.4. The molecule has 1 atom stereocenters. The Morgan fingerprint density at radius 3 is 2.76 bits per heavy atom. The van der Waals surface area contributed by atoms with Crippen molar-refractivity contribution in [1.82, 2.24) is 15.1 Å². The fourth-order valence-electron chi connectivity index (χ4n) is 1.27. The van der Waals surface area contributed by atoms with Gasteiger partial charge in [0.25, 0.3) is 0 Å². The standard InChI is InChI=1S/C10H16F3N3O/c1-3-16-6-9(5-15-16)17-8(2)4-14-7-10(11,12)13/h5-6,8,14H,3-4,7H2,1-2H3. The Morgan fingerprint density at radius 2 is 2.24 bits per heavy atom. The van der Waals surface area contributed by atoms with Gasteiger partial charge in [0, 0.05) is 13.1 Å². The molecule has 1 heterocycles. The van der Waals surface area contributed by atoms with Gasteiger partial charge >= 0.3 is 6.18 Å². The van der Waals surface area contributed by atoms with E-state index in [2.05, 4.69) is 10.4 Å². The number of alkyl halides is 3. The molecule has 1 unspecified atom stereocenters. The van der Waals surface area contributed by atoms with Crippen molar-refractivity contribution in [2.45, 2.75) is 32.7 Å². The Labute approximate surface area is 97.8 Å². The number of halogens is 3. The molecule has 0 aliphatic rings. The van der Waals surface area contributed by atoms with Gasteiger partial charge in [-0.05, 0) is 13.8 Å². The normalized spacial score (nSPS) is 13.7. The molecule has 1 aromatic heterocycles. The highest BCUT2D eigenvalue weighted by Gasteiger charge is 2.26. The van der Waals surface area contributed by atoms with E-state index in [0.29, 0.717) is 5.75 Å². The van der Waals surface area contributed by atoms with Crippen molar-refractivity contribution in [3.05, 3.63) is 12.4 Å². The lowest BCUT2D eigenvalue weighted by atomic mass is 10.4. The SMILES string of the molecule is CCn1cc(OC(C)CNCC(F)(F)F)cn1. The minimum atomic E-state index is -4.19. The van der Waals surface area contributed by atoms with Crippen LogP contribution in [0.1, 0.15) is 13.8 Å². The van der Waals surface area contributed by atoms with Crippen LogP contribution in [0.25, 0.3) is 0 Å².